The number of hydrogen-bond acceptors (Lipinski definition) is 2. The molecule has 3 aromatic rings. The van der Waals surface area contributed by atoms with Crippen molar-refractivity contribution in [3.63, 3.8) is 0 Å². The minimum Gasteiger partial charge on any atom is -0.506 e. The fourth-order valence-corrected chi connectivity index (χ4v) is 5.09. The van der Waals surface area contributed by atoms with Gasteiger partial charge in [-0.1, -0.05) is 55.5 Å². The summed E-state index contributed by atoms with van der Waals surface area (Å²) in [4.78, 5) is 3.51. The molecule has 1 aliphatic carbocycles. The molecule has 0 radical (unpaired) electrons. The topological polar surface area (TPSA) is 48.0 Å². The first-order valence-corrected chi connectivity index (χ1v) is 10.0. The molecule has 3 N–H and O–H groups in total. The zero-order valence-corrected chi connectivity index (χ0v) is 15.7. The van der Waals surface area contributed by atoms with Crippen LogP contribution in [0.3, 0.4) is 0 Å². The summed E-state index contributed by atoms with van der Waals surface area (Å²) < 4.78 is 0. The summed E-state index contributed by atoms with van der Waals surface area (Å²) in [5.74, 6) is 1.45. The Bertz CT molecular complexity index is 1000. The maximum Gasteiger partial charge on any atom is 0.139 e. The predicted octanol–water partition coefficient (Wildman–Crippen LogP) is 4.98. The van der Waals surface area contributed by atoms with Crippen LogP contribution >= 0.6 is 0 Å². The monoisotopic (exact) mass is 358 g/mol. The van der Waals surface area contributed by atoms with Crippen LogP contribution in [0.2, 0.25) is 0 Å². The average Bonchev–Trinajstić information content (AvgIpc) is 3.10. The molecule has 3 nitrogen and oxygen atoms in total. The van der Waals surface area contributed by atoms with Crippen LogP contribution in [0.1, 0.15) is 42.5 Å². The van der Waals surface area contributed by atoms with Crippen molar-refractivity contribution < 1.29 is 5.11 Å². The van der Waals surface area contributed by atoms with Gasteiger partial charge >= 0.3 is 0 Å². The van der Waals surface area contributed by atoms with Gasteiger partial charge in [-0.05, 0) is 53.9 Å². The highest BCUT2D eigenvalue weighted by atomic mass is 16.3. The zero-order valence-electron chi connectivity index (χ0n) is 15.7. The number of rotatable bonds is 2. The molecule has 0 fully saturated rings. The summed E-state index contributed by atoms with van der Waals surface area (Å²) in [6.07, 6.45) is 5.68. The smallest absolute Gasteiger partial charge is 0.139 e. The molecule has 0 saturated heterocycles. The number of nitrogens with one attached hydrogen (secondary N) is 2. The van der Waals surface area contributed by atoms with E-state index in [4.69, 9.17) is 0 Å². The van der Waals surface area contributed by atoms with Gasteiger partial charge in [0.05, 0.1) is 5.52 Å². The number of phenolic OH excluding ortho intramolecular Hbond substituents is 1. The number of para-hydroxylation sites is 1. The molecule has 1 aromatic heterocycles. The Labute approximate surface area is 160 Å². The molecular weight excluding hydrogens is 332 g/mol. The highest BCUT2D eigenvalue weighted by molar-refractivity contribution is 5.89. The van der Waals surface area contributed by atoms with Gasteiger partial charge in [-0.3, -0.25) is 0 Å². The van der Waals surface area contributed by atoms with Crippen LogP contribution < -0.4 is 5.32 Å². The normalized spacial score (nSPS) is 25.2. The van der Waals surface area contributed by atoms with Crippen molar-refractivity contribution in [2.24, 2.45) is 5.92 Å². The van der Waals surface area contributed by atoms with Gasteiger partial charge in [-0.25, -0.2) is 0 Å². The van der Waals surface area contributed by atoms with E-state index in [2.05, 4.69) is 59.7 Å². The number of aromatic amines is 1. The second kappa shape index (κ2) is 6.58. The molecule has 138 valence electrons. The van der Waals surface area contributed by atoms with E-state index in [0.717, 1.165) is 24.9 Å². The zero-order chi connectivity index (χ0) is 18.4. The largest absolute Gasteiger partial charge is 0.506 e. The second-order valence-corrected chi connectivity index (χ2v) is 8.13. The SMILES string of the molecule is CC1CC(C2CC(c3ccccc3)=CCN2)Cc2c1[nH]c1c(O)cccc21. The van der Waals surface area contributed by atoms with E-state index in [1.165, 1.54) is 34.2 Å². The van der Waals surface area contributed by atoms with E-state index in [0.29, 0.717) is 23.6 Å². The Balaban J connectivity index is 1.44. The van der Waals surface area contributed by atoms with Crippen LogP contribution in [0.15, 0.2) is 54.6 Å². The lowest BCUT2D eigenvalue weighted by Crippen LogP contribution is -2.41. The van der Waals surface area contributed by atoms with Crippen LogP contribution in [0.25, 0.3) is 16.5 Å². The van der Waals surface area contributed by atoms with Gasteiger partial charge in [0.2, 0.25) is 0 Å². The van der Waals surface area contributed by atoms with Crippen LogP contribution in [-0.4, -0.2) is 22.7 Å². The highest BCUT2D eigenvalue weighted by Gasteiger charge is 2.33. The first-order chi connectivity index (χ1) is 13.2. The summed E-state index contributed by atoms with van der Waals surface area (Å²) in [5, 5.41) is 15.2. The average molecular weight is 358 g/mol. The quantitative estimate of drug-likeness (QED) is 0.605. The molecule has 5 rings (SSSR count). The minimum absolute atomic E-state index is 0.357. The molecule has 2 heterocycles. The first-order valence-electron chi connectivity index (χ1n) is 10.0. The third kappa shape index (κ3) is 2.87. The summed E-state index contributed by atoms with van der Waals surface area (Å²) in [5.41, 5.74) is 6.44. The Morgan fingerprint density at radius 2 is 1.85 bits per heavy atom. The number of hydrogen-bond donors (Lipinski definition) is 3. The Hall–Kier alpha value is -2.52. The number of fused-ring (bicyclic) bond motifs is 3. The molecule has 27 heavy (non-hydrogen) atoms. The van der Waals surface area contributed by atoms with E-state index in [1.54, 1.807) is 6.07 Å². The van der Waals surface area contributed by atoms with Crippen LogP contribution in [-0.2, 0) is 6.42 Å². The van der Waals surface area contributed by atoms with E-state index in [9.17, 15) is 5.11 Å². The minimum atomic E-state index is 0.357. The fourth-order valence-electron chi connectivity index (χ4n) is 5.09. The number of benzene rings is 2. The Morgan fingerprint density at radius 3 is 2.70 bits per heavy atom. The Kier molecular flexibility index (Phi) is 4.05. The molecule has 3 unspecified atom stereocenters. The van der Waals surface area contributed by atoms with Crippen molar-refractivity contribution >= 4 is 16.5 Å². The number of aromatic nitrogens is 1. The Morgan fingerprint density at radius 1 is 1.00 bits per heavy atom. The fraction of sp³-hybridized carbons (Fsp3) is 0.333. The lowest BCUT2D eigenvalue weighted by atomic mass is 9.74. The van der Waals surface area contributed by atoms with Gasteiger partial charge < -0.3 is 15.4 Å². The molecule has 2 aliphatic rings. The van der Waals surface area contributed by atoms with E-state index in [-0.39, 0.29) is 0 Å². The summed E-state index contributed by atoms with van der Waals surface area (Å²) in [6.45, 7) is 3.26. The number of aromatic hydroxyl groups is 1. The van der Waals surface area contributed by atoms with Crippen molar-refractivity contribution in [3.8, 4) is 5.75 Å². The standard InChI is InChI=1S/C24H26N2O/c1-15-12-18(13-20-19-8-5-9-22(27)24(19)26-23(15)20)21-14-17(10-11-25-21)16-6-3-2-4-7-16/h2-10,15,18,21,25-27H,11-14H2,1H3. The van der Waals surface area contributed by atoms with Gasteiger partial charge in [-0.15, -0.1) is 0 Å². The van der Waals surface area contributed by atoms with Crippen LogP contribution in [0.4, 0.5) is 0 Å². The van der Waals surface area contributed by atoms with Crippen molar-refractivity contribution in [1.82, 2.24) is 10.3 Å². The molecule has 3 atom stereocenters. The van der Waals surface area contributed by atoms with Crippen LogP contribution in [0, 0.1) is 5.92 Å². The molecule has 0 amide bonds. The lowest BCUT2D eigenvalue weighted by molar-refractivity contribution is 0.306. The highest BCUT2D eigenvalue weighted by Crippen LogP contribution is 2.42. The van der Waals surface area contributed by atoms with E-state index >= 15 is 0 Å². The summed E-state index contributed by atoms with van der Waals surface area (Å²) >= 11 is 0. The number of phenols is 1. The summed E-state index contributed by atoms with van der Waals surface area (Å²) in [7, 11) is 0. The van der Waals surface area contributed by atoms with Crippen LogP contribution in [0.5, 0.6) is 5.75 Å². The van der Waals surface area contributed by atoms with E-state index in [1.807, 2.05) is 6.07 Å². The second-order valence-electron chi connectivity index (χ2n) is 8.13. The molecule has 0 saturated carbocycles. The van der Waals surface area contributed by atoms with Crippen molar-refractivity contribution in [2.75, 3.05) is 6.54 Å². The number of H-pyrrole nitrogens is 1. The van der Waals surface area contributed by atoms with Gasteiger partial charge in [-0.2, -0.15) is 0 Å². The molecule has 1 aliphatic heterocycles. The van der Waals surface area contributed by atoms with Gasteiger partial charge in [0, 0.05) is 23.7 Å². The predicted molar refractivity (Wildman–Crippen MR) is 111 cm³/mol. The molecule has 0 spiro atoms. The molecule has 3 heteroatoms. The third-order valence-corrected chi connectivity index (χ3v) is 6.45. The maximum atomic E-state index is 10.2. The molecule has 2 aromatic carbocycles. The van der Waals surface area contributed by atoms with Crippen molar-refractivity contribution in [2.45, 2.75) is 38.1 Å². The van der Waals surface area contributed by atoms with E-state index < -0.39 is 0 Å². The van der Waals surface area contributed by atoms with Crippen molar-refractivity contribution in [3.05, 3.63) is 71.4 Å². The summed E-state index contributed by atoms with van der Waals surface area (Å²) in [6, 6.07) is 17.1. The third-order valence-electron chi connectivity index (χ3n) is 6.45. The van der Waals surface area contributed by atoms with Crippen molar-refractivity contribution in [1.29, 1.82) is 0 Å². The molecular formula is C24H26N2O. The van der Waals surface area contributed by atoms with Gasteiger partial charge in [0.25, 0.3) is 0 Å². The molecule has 0 bridgehead atoms. The van der Waals surface area contributed by atoms with Gasteiger partial charge in [0.1, 0.15) is 5.75 Å². The lowest BCUT2D eigenvalue weighted by Gasteiger charge is -2.36. The first kappa shape index (κ1) is 16.6. The maximum absolute atomic E-state index is 10.2. The van der Waals surface area contributed by atoms with Gasteiger partial charge in [0.15, 0.2) is 0 Å².